The summed E-state index contributed by atoms with van der Waals surface area (Å²) < 4.78 is 0. The van der Waals surface area contributed by atoms with E-state index in [1.807, 2.05) is 0 Å². The van der Waals surface area contributed by atoms with Crippen molar-refractivity contribution < 1.29 is 20.2 Å². The molecule has 0 rings (SSSR count). The summed E-state index contributed by atoms with van der Waals surface area (Å²) >= 11 is 0. The topological polar surface area (TPSA) is 116 Å². The summed E-state index contributed by atoms with van der Waals surface area (Å²) in [5.74, 6) is -1.36. The number of hydrogen-bond donors (Lipinski definition) is 4. The maximum absolute atomic E-state index is 10.1. The number of nitrogens with two attached hydrogens (primary N) is 1. The lowest BCUT2D eigenvalue weighted by atomic mass is 10.2. The van der Waals surface area contributed by atoms with Gasteiger partial charge in [-0.2, -0.15) is 0 Å². The Morgan fingerprint density at radius 3 is 2.45 bits per heavy atom. The van der Waals surface area contributed by atoms with Gasteiger partial charge in [0.1, 0.15) is 0 Å². The number of carboxylic acids is 1. The summed E-state index contributed by atoms with van der Waals surface area (Å²) in [5.41, 5.74) is 4.50. The maximum Gasteiger partial charge on any atom is 0.353 e. The van der Waals surface area contributed by atoms with Crippen molar-refractivity contribution in [3.63, 3.8) is 0 Å². The van der Waals surface area contributed by atoms with Crippen LogP contribution in [0.3, 0.4) is 0 Å². The Morgan fingerprint density at radius 2 is 2.18 bits per heavy atom. The first-order valence-corrected chi connectivity index (χ1v) is 2.94. The molecule has 5 N–H and O–H groups in total. The zero-order valence-electron chi connectivity index (χ0n) is 5.77. The number of oxime groups is 1. The first kappa shape index (κ1) is 9.86. The highest BCUT2D eigenvalue weighted by molar-refractivity contribution is 6.35. The van der Waals surface area contributed by atoms with Crippen molar-refractivity contribution in [1.29, 1.82) is 0 Å². The third-order valence-corrected chi connectivity index (χ3v) is 1.07. The van der Waals surface area contributed by atoms with Crippen LogP contribution in [-0.2, 0) is 4.79 Å². The maximum atomic E-state index is 10.1. The van der Waals surface area contributed by atoms with Gasteiger partial charge in [-0.3, -0.25) is 0 Å². The average Bonchev–Trinajstić information content (AvgIpc) is 1.99. The van der Waals surface area contributed by atoms with Gasteiger partial charge in [0, 0.05) is 13.0 Å². The van der Waals surface area contributed by atoms with Crippen molar-refractivity contribution in [2.24, 2.45) is 10.9 Å². The molecule has 0 aliphatic rings. The Morgan fingerprint density at radius 1 is 1.64 bits per heavy atom. The van der Waals surface area contributed by atoms with Crippen LogP contribution in [0.25, 0.3) is 0 Å². The Hall–Kier alpha value is -1.14. The third-order valence-electron chi connectivity index (χ3n) is 1.07. The van der Waals surface area contributed by atoms with Crippen LogP contribution in [0.5, 0.6) is 0 Å². The van der Waals surface area contributed by atoms with E-state index in [1.165, 1.54) is 0 Å². The van der Waals surface area contributed by atoms with E-state index in [0.717, 1.165) is 0 Å². The van der Waals surface area contributed by atoms with E-state index in [4.69, 9.17) is 21.2 Å². The molecule has 0 saturated carbocycles. The number of rotatable bonds is 4. The molecule has 0 amide bonds. The van der Waals surface area contributed by atoms with Crippen LogP contribution in [0.15, 0.2) is 5.16 Å². The summed E-state index contributed by atoms with van der Waals surface area (Å²) in [4.78, 5) is 10.1. The average molecular weight is 162 g/mol. The number of aliphatic hydroxyl groups excluding tert-OH is 1. The molecule has 0 aliphatic heterocycles. The SMILES string of the molecule is NCC(O)C/C(=N/O)C(=O)O. The van der Waals surface area contributed by atoms with Gasteiger partial charge in [-0.15, -0.1) is 0 Å². The monoisotopic (exact) mass is 162 g/mol. The molecular formula is C5H10N2O4. The van der Waals surface area contributed by atoms with E-state index in [0.29, 0.717) is 0 Å². The normalized spacial score (nSPS) is 14.5. The minimum Gasteiger partial charge on any atom is -0.477 e. The summed E-state index contributed by atoms with van der Waals surface area (Å²) in [6.45, 7) is -0.0632. The summed E-state index contributed by atoms with van der Waals surface area (Å²) in [6, 6.07) is 0. The van der Waals surface area contributed by atoms with E-state index in [1.54, 1.807) is 0 Å². The van der Waals surface area contributed by atoms with E-state index < -0.39 is 17.8 Å². The van der Waals surface area contributed by atoms with E-state index in [-0.39, 0.29) is 13.0 Å². The quantitative estimate of drug-likeness (QED) is 0.231. The molecule has 0 spiro atoms. The van der Waals surface area contributed by atoms with Gasteiger partial charge in [-0.25, -0.2) is 4.79 Å². The van der Waals surface area contributed by atoms with Crippen molar-refractivity contribution in [3.8, 4) is 0 Å². The Kier molecular flexibility index (Phi) is 4.16. The molecule has 0 aromatic heterocycles. The van der Waals surface area contributed by atoms with Gasteiger partial charge in [0.25, 0.3) is 0 Å². The highest BCUT2D eigenvalue weighted by atomic mass is 16.4. The van der Waals surface area contributed by atoms with Crippen molar-refractivity contribution in [2.45, 2.75) is 12.5 Å². The van der Waals surface area contributed by atoms with Crippen LogP contribution < -0.4 is 5.73 Å². The van der Waals surface area contributed by atoms with Gasteiger partial charge in [0.05, 0.1) is 6.10 Å². The smallest absolute Gasteiger partial charge is 0.353 e. The van der Waals surface area contributed by atoms with Gasteiger partial charge in [-0.05, 0) is 0 Å². The fourth-order valence-electron chi connectivity index (χ4n) is 0.477. The van der Waals surface area contributed by atoms with Crippen LogP contribution in [0.4, 0.5) is 0 Å². The third kappa shape index (κ3) is 3.54. The number of carbonyl (C=O) groups is 1. The number of nitrogens with zero attached hydrogens (tertiary/aromatic N) is 1. The summed E-state index contributed by atoms with van der Waals surface area (Å²) in [6.07, 6.45) is -1.22. The minimum absolute atomic E-state index is 0.0632. The lowest BCUT2D eigenvalue weighted by Gasteiger charge is -2.04. The highest BCUT2D eigenvalue weighted by Crippen LogP contribution is 1.92. The van der Waals surface area contributed by atoms with Crippen LogP contribution in [0.2, 0.25) is 0 Å². The second kappa shape index (κ2) is 4.64. The Bertz CT molecular complexity index is 168. The molecule has 0 aliphatic carbocycles. The largest absolute Gasteiger partial charge is 0.477 e. The van der Waals surface area contributed by atoms with E-state index >= 15 is 0 Å². The highest BCUT2D eigenvalue weighted by Gasteiger charge is 2.14. The van der Waals surface area contributed by atoms with Crippen LogP contribution in [-0.4, -0.2) is 39.8 Å². The van der Waals surface area contributed by atoms with Gasteiger partial charge in [0.15, 0.2) is 5.71 Å². The molecule has 0 fully saturated rings. The Balaban J connectivity index is 4.00. The van der Waals surface area contributed by atoms with Crippen LogP contribution in [0, 0.1) is 0 Å². The number of aliphatic carboxylic acids is 1. The molecule has 0 aromatic carbocycles. The first-order chi connectivity index (χ1) is 5.11. The summed E-state index contributed by atoms with van der Waals surface area (Å²) in [7, 11) is 0. The molecule has 1 atom stereocenters. The lowest BCUT2D eigenvalue weighted by molar-refractivity contribution is -0.129. The fourth-order valence-corrected chi connectivity index (χ4v) is 0.477. The zero-order valence-corrected chi connectivity index (χ0v) is 5.77. The predicted molar refractivity (Wildman–Crippen MR) is 36.5 cm³/mol. The molecule has 6 heteroatoms. The van der Waals surface area contributed by atoms with Crippen LogP contribution >= 0.6 is 0 Å². The molecule has 1 unspecified atom stereocenters. The first-order valence-electron chi connectivity index (χ1n) is 2.94. The van der Waals surface area contributed by atoms with Crippen LogP contribution in [0.1, 0.15) is 6.42 Å². The van der Waals surface area contributed by atoms with Crippen molar-refractivity contribution in [1.82, 2.24) is 0 Å². The zero-order chi connectivity index (χ0) is 8.85. The second-order valence-corrected chi connectivity index (χ2v) is 1.95. The fraction of sp³-hybridized carbons (Fsp3) is 0.600. The number of carboxylic acid groups (broad SMARTS) is 1. The van der Waals surface area contributed by atoms with E-state index in [9.17, 15) is 4.79 Å². The lowest BCUT2D eigenvalue weighted by Crippen LogP contribution is -2.26. The summed E-state index contributed by atoms with van der Waals surface area (Å²) in [5, 5.41) is 27.7. The molecule has 0 aromatic rings. The molecular weight excluding hydrogens is 152 g/mol. The molecule has 0 bridgehead atoms. The Labute approximate surface area is 62.9 Å². The molecule has 0 heterocycles. The second-order valence-electron chi connectivity index (χ2n) is 1.95. The molecule has 6 nitrogen and oxygen atoms in total. The van der Waals surface area contributed by atoms with E-state index in [2.05, 4.69) is 5.16 Å². The predicted octanol–water partition coefficient (Wildman–Crippen LogP) is -1.39. The minimum atomic E-state index is -1.36. The molecule has 0 radical (unpaired) electrons. The van der Waals surface area contributed by atoms with Crippen molar-refractivity contribution in [2.75, 3.05) is 6.54 Å². The van der Waals surface area contributed by atoms with Gasteiger partial charge in [0.2, 0.25) is 0 Å². The molecule has 64 valence electrons. The number of hydrogen-bond acceptors (Lipinski definition) is 5. The van der Waals surface area contributed by atoms with Gasteiger partial charge in [-0.1, -0.05) is 5.16 Å². The van der Waals surface area contributed by atoms with Gasteiger partial charge >= 0.3 is 5.97 Å². The van der Waals surface area contributed by atoms with Gasteiger partial charge < -0.3 is 21.2 Å². The van der Waals surface area contributed by atoms with Crippen molar-refractivity contribution >= 4 is 11.7 Å². The standard InChI is InChI=1S/C5H10N2O4/c6-2-3(8)1-4(7-11)5(9)10/h3,8,11H,1-2,6H2,(H,9,10)/b7-4-. The molecule has 0 saturated heterocycles. The number of aliphatic hydroxyl groups is 1. The van der Waals surface area contributed by atoms with Crippen molar-refractivity contribution in [3.05, 3.63) is 0 Å². The molecule has 11 heavy (non-hydrogen) atoms.